The van der Waals surface area contributed by atoms with E-state index in [0.29, 0.717) is 5.95 Å². The van der Waals surface area contributed by atoms with Crippen LogP contribution in [-0.2, 0) is 0 Å². The number of aromatic nitrogens is 2. The number of rotatable bonds is 3. The zero-order valence-electron chi connectivity index (χ0n) is 15.3. The summed E-state index contributed by atoms with van der Waals surface area (Å²) in [5.41, 5.74) is 10.1. The highest BCUT2D eigenvalue weighted by atomic mass is 15.2. The van der Waals surface area contributed by atoms with Gasteiger partial charge < -0.3 is 10.6 Å². The van der Waals surface area contributed by atoms with Crippen molar-refractivity contribution in [1.82, 2.24) is 9.97 Å². The zero-order chi connectivity index (χ0) is 17.2. The molecule has 1 fully saturated rings. The van der Waals surface area contributed by atoms with Crippen LogP contribution in [0, 0.1) is 5.41 Å². The second-order valence-corrected chi connectivity index (χ2v) is 7.82. The zero-order valence-corrected chi connectivity index (χ0v) is 15.3. The Labute approximate surface area is 145 Å². The summed E-state index contributed by atoms with van der Waals surface area (Å²) in [6, 6.07) is 2.07. The lowest BCUT2D eigenvalue weighted by Crippen LogP contribution is -2.30. The topological polar surface area (TPSA) is 55.0 Å². The van der Waals surface area contributed by atoms with E-state index in [1.54, 1.807) is 0 Å². The molecule has 4 heteroatoms. The Balaban J connectivity index is 1.85. The Morgan fingerprint density at radius 1 is 1.08 bits per heavy atom. The van der Waals surface area contributed by atoms with Crippen molar-refractivity contribution < 1.29 is 0 Å². The third-order valence-corrected chi connectivity index (χ3v) is 5.39. The highest BCUT2D eigenvalue weighted by Gasteiger charge is 2.26. The number of piperidine rings is 1. The van der Waals surface area contributed by atoms with Crippen molar-refractivity contribution in [2.24, 2.45) is 5.41 Å². The van der Waals surface area contributed by atoms with E-state index in [9.17, 15) is 0 Å². The van der Waals surface area contributed by atoms with Gasteiger partial charge in [-0.05, 0) is 62.5 Å². The van der Waals surface area contributed by atoms with Crippen molar-refractivity contribution in [1.29, 1.82) is 0 Å². The van der Waals surface area contributed by atoms with Gasteiger partial charge in [0.05, 0.1) is 5.69 Å². The summed E-state index contributed by atoms with van der Waals surface area (Å²) >= 11 is 0. The highest BCUT2D eigenvalue weighted by Crippen LogP contribution is 2.40. The molecule has 0 saturated carbocycles. The molecule has 4 nitrogen and oxygen atoms in total. The van der Waals surface area contributed by atoms with Gasteiger partial charge in [0.25, 0.3) is 0 Å². The van der Waals surface area contributed by atoms with Crippen LogP contribution >= 0.6 is 0 Å². The minimum atomic E-state index is 0.243. The summed E-state index contributed by atoms with van der Waals surface area (Å²) in [5.74, 6) is 1.33. The van der Waals surface area contributed by atoms with Crippen molar-refractivity contribution in [2.75, 3.05) is 23.7 Å². The van der Waals surface area contributed by atoms with Crippen molar-refractivity contribution in [3.8, 4) is 0 Å². The molecule has 3 rings (SSSR count). The molecule has 0 atom stereocenters. The smallest absolute Gasteiger partial charge is 0.222 e. The van der Waals surface area contributed by atoms with E-state index in [2.05, 4.69) is 53.9 Å². The molecular weight excluding hydrogens is 296 g/mol. The summed E-state index contributed by atoms with van der Waals surface area (Å²) < 4.78 is 0. The Hall–Kier alpha value is -1.84. The number of nitrogens with two attached hydrogens (primary N) is 1. The summed E-state index contributed by atoms with van der Waals surface area (Å²) in [6.45, 7) is 9.06. The monoisotopic (exact) mass is 326 g/mol. The fourth-order valence-corrected chi connectivity index (χ4v) is 4.02. The molecule has 2 heterocycles. The van der Waals surface area contributed by atoms with E-state index in [0.717, 1.165) is 24.6 Å². The van der Waals surface area contributed by atoms with Gasteiger partial charge in [0.2, 0.25) is 5.95 Å². The van der Waals surface area contributed by atoms with Crippen LogP contribution in [0.2, 0.25) is 0 Å². The molecule has 1 aromatic rings. The van der Waals surface area contributed by atoms with Gasteiger partial charge in [-0.1, -0.05) is 25.5 Å². The third-order valence-electron chi connectivity index (χ3n) is 5.39. The number of nitrogens with zero attached hydrogens (tertiary/aromatic N) is 3. The quantitative estimate of drug-likeness (QED) is 0.882. The summed E-state index contributed by atoms with van der Waals surface area (Å²) in [5, 5.41) is 0. The second-order valence-electron chi connectivity index (χ2n) is 7.82. The van der Waals surface area contributed by atoms with Crippen molar-refractivity contribution >= 4 is 17.8 Å². The van der Waals surface area contributed by atoms with E-state index in [-0.39, 0.29) is 5.41 Å². The molecule has 24 heavy (non-hydrogen) atoms. The van der Waals surface area contributed by atoms with Crippen LogP contribution < -0.4 is 10.6 Å². The Morgan fingerprint density at radius 2 is 1.83 bits per heavy atom. The van der Waals surface area contributed by atoms with E-state index in [1.165, 1.54) is 49.7 Å². The molecule has 0 amide bonds. The van der Waals surface area contributed by atoms with Crippen LogP contribution in [0.5, 0.6) is 0 Å². The van der Waals surface area contributed by atoms with Crippen molar-refractivity contribution in [3.63, 3.8) is 0 Å². The standard InChI is InChI=1S/C20H30N4/c1-15-8-7-11-20(2,3)17(15)10-9-16-14-18(23-19(21)22-16)24-12-5-4-6-13-24/h9-10,14H,4-8,11-13H2,1-3H3,(H2,21,22,23)/b10-9+. The molecule has 0 aromatic carbocycles. The molecular formula is C20H30N4. The maximum atomic E-state index is 5.96. The molecule has 0 radical (unpaired) electrons. The van der Waals surface area contributed by atoms with Crippen LogP contribution in [0.15, 0.2) is 23.3 Å². The number of hydrogen-bond donors (Lipinski definition) is 1. The van der Waals surface area contributed by atoms with Crippen LogP contribution in [0.4, 0.5) is 11.8 Å². The Morgan fingerprint density at radius 3 is 2.54 bits per heavy atom. The van der Waals surface area contributed by atoms with Gasteiger partial charge in [-0.3, -0.25) is 0 Å². The first-order valence-electron chi connectivity index (χ1n) is 9.23. The van der Waals surface area contributed by atoms with Gasteiger partial charge in [0, 0.05) is 19.2 Å². The Bertz CT molecular complexity index is 652. The van der Waals surface area contributed by atoms with Crippen LogP contribution in [-0.4, -0.2) is 23.1 Å². The SMILES string of the molecule is CC1=C(/C=C/c2cc(N3CCCCC3)nc(N)n2)C(C)(C)CCC1. The van der Waals surface area contributed by atoms with Gasteiger partial charge in [-0.15, -0.1) is 0 Å². The summed E-state index contributed by atoms with van der Waals surface area (Å²) in [7, 11) is 0. The van der Waals surface area contributed by atoms with E-state index >= 15 is 0 Å². The highest BCUT2D eigenvalue weighted by molar-refractivity contribution is 5.57. The lowest BCUT2D eigenvalue weighted by atomic mass is 9.72. The fraction of sp³-hybridized carbons (Fsp3) is 0.600. The number of nitrogen functional groups attached to an aromatic ring is 1. The molecule has 2 aliphatic rings. The molecule has 1 aliphatic carbocycles. The first-order valence-corrected chi connectivity index (χ1v) is 9.23. The normalized spacial score (nSPS) is 21.5. The average Bonchev–Trinajstić information content (AvgIpc) is 2.54. The predicted octanol–water partition coefficient (Wildman–Crippen LogP) is 4.59. The number of hydrogen-bond acceptors (Lipinski definition) is 4. The predicted molar refractivity (Wildman–Crippen MR) is 102 cm³/mol. The van der Waals surface area contributed by atoms with Crippen LogP contribution in [0.1, 0.15) is 65.0 Å². The van der Waals surface area contributed by atoms with Crippen LogP contribution in [0.3, 0.4) is 0 Å². The number of allylic oxidation sites excluding steroid dienone is 3. The van der Waals surface area contributed by atoms with E-state index in [1.807, 2.05) is 0 Å². The molecule has 2 N–H and O–H groups in total. The molecule has 0 spiro atoms. The molecule has 0 bridgehead atoms. The summed E-state index contributed by atoms with van der Waals surface area (Å²) in [6.07, 6.45) is 11.9. The second kappa shape index (κ2) is 6.96. The molecule has 1 saturated heterocycles. The van der Waals surface area contributed by atoms with Gasteiger partial charge in [0.15, 0.2) is 0 Å². The number of anilines is 2. The van der Waals surface area contributed by atoms with Gasteiger partial charge >= 0.3 is 0 Å². The molecule has 1 aromatic heterocycles. The minimum Gasteiger partial charge on any atom is -0.368 e. The van der Waals surface area contributed by atoms with E-state index in [4.69, 9.17) is 5.73 Å². The van der Waals surface area contributed by atoms with Gasteiger partial charge in [0.1, 0.15) is 5.82 Å². The van der Waals surface area contributed by atoms with Gasteiger partial charge in [-0.2, -0.15) is 4.98 Å². The molecule has 1 aliphatic heterocycles. The first-order chi connectivity index (χ1) is 11.5. The molecule has 130 valence electrons. The van der Waals surface area contributed by atoms with Gasteiger partial charge in [-0.25, -0.2) is 4.98 Å². The maximum Gasteiger partial charge on any atom is 0.222 e. The van der Waals surface area contributed by atoms with Crippen LogP contribution in [0.25, 0.3) is 6.08 Å². The summed E-state index contributed by atoms with van der Waals surface area (Å²) in [4.78, 5) is 11.2. The Kier molecular flexibility index (Phi) is 4.93. The minimum absolute atomic E-state index is 0.243. The fourth-order valence-electron chi connectivity index (χ4n) is 4.02. The van der Waals surface area contributed by atoms with E-state index < -0.39 is 0 Å². The maximum absolute atomic E-state index is 5.96. The average molecular weight is 326 g/mol. The largest absolute Gasteiger partial charge is 0.368 e. The first kappa shape index (κ1) is 17.0. The lowest BCUT2D eigenvalue weighted by Gasteiger charge is -2.32. The van der Waals surface area contributed by atoms with Crippen molar-refractivity contribution in [2.45, 2.75) is 59.3 Å². The van der Waals surface area contributed by atoms with Crippen molar-refractivity contribution in [3.05, 3.63) is 29.0 Å². The third kappa shape index (κ3) is 3.80. The molecule has 0 unspecified atom stereocenters. The lowest BCUT2D eigenvalue weighted by molar-refractivity contribution is 0.377.